The lowest BCUT2D eigenvalue weighted by Gasteiger charge is -2.15. The molecule has 12 aromatic rings. The van der Waals surface area contributed by atoms with Crippen LogP contribution in [0.4, 0.5) is 0 Å². The maximum Gasteiger partial charge on any atom is 0.235 e. The van der Waals surface area contributed by atoms with Gasteiger partial charge in [0.1, 0.15) is 0 Å². The van der Waals surface area contributed by atoms with E-state index in [2.05, 4.69) is 168 Å². The fourth-order valence-corrected chi connectivity index (χ4v) is 10.1. The zero-order valence-electron chi connectivity index (χ0n) is 27.8. The highest BCUT2D eigenvalue weighted by atomic mass is 32.1. The van der Waals surface area contributed by atoms with Crippen LogP contribution in [0.1, 0.15) is 0 Å². The first-order valence-corrected chi connectivity index (χ1v) is 18.5. The monoisotopic (exact) mass is 677 g/mol. The first-order chi connectivity index (χ1) is 25.8. The number of nitrogens with zero attached hydrogens (tertiary/aromatic N) is 3. The molecule has 3 aromatic heterocycles. The van der Waals surface area contributed by atoms with Gasteiger partial charge in [-0.1, -0.05) is 146 Å². The van der Waals surface area contributed by atoms with Crippen molar-refractivity contribution in [1.82, 2.24) is 14.5 Å². The van der Waals surface area contributed by atoms with Crippen molar-refractivity contribution in [2.24, 2.45) is 0 Å². The molecule has 0 amide bonds. The molecular weight excluding hydrogens is 651 g/mol. The summed E-state index contributed by atoms with van der Waals surface area (Å²) in [6, 6.07) is 59.1. The predicted octanol–water partition coefficient (Wildman–Crippen LogP) is 13.4. The molecule has 240 valence electrons. The van der Waals surface area contributed by atoms with Crippen molar-refractivity contribution in [3.8, 4) is 17.2 Å². The molecule has 52 heavy (non-hydrogen) atoms. The van der Waals surface area contributed by atoms with Crippen LogP contribution in [0.3, 0.4) is 0 Å². The molecule has 0 saturated heterocycles. The molecule has 9 aromatic carbocycles. The average molecular weight is 678 g/mol. The third-order valence-electron chi connectivity index (χ3n) is 11.0. The second kappa shape index (κ2) is 10.5. The Labute approximate surface area is 301 Å². The Balaban J connectivity index is 1.36. The van der Waals surface area contributed by atoms with Gasteiger partial charge in [-0.2, -0.15) is 0 Å². The highest BCUT2D eigenvalue weighted by Crippen LogP contribution is 2.51. The molecule has 3 heterocycles. The van der Waals surface area contributed by atoms with E-state index < -0.39 is 0 Å². The molecule has 0 aliphatic carbocycles. The number of aromatic nitrogens is 3. The topological polar surface area (TPSA) is 30.7 Å². The summed E-state index contributed by atoms with van der Waals surface area (Å²) in [7, 11) is 0. The Kier molecular flexibility index (Phi) is 5.65. The third-order valence-corrected chi connectivity index (χ3v) is 12.1. The molecule has 0 bridgehead atoms. The number of thiophene rings is 1. The standard InChI is InChI=1S/C48H27N3S/c1-2-16-29-28(14-1)15-13-24-34(29)45-35-21-7-10-25-38(35)49-48(50-45)51-39-26-11-8-22-36(39)43-41-32-19-5-3-17-30(32)31-18-4-6-20-33(31)42(41)44-37-23-9-12-27-40(37)52-47(44)46(43)51/h1-27H. The Morgan fingerprint density at radius 1 is 0.404 bits per heavy atom. The summed E-state index contributed by atoms with van der Waals surface area (Å²) in [5.74, 6) is 0.677. The van der Waals surface area contributed by atoms with Gasteiger partial charge in [-0.3, -0.25) is 4.57 Å². The van der Waals surface area contributed by atoms with E-state index in [4.69, 9.17) is 9.97 Å². The van der Waals surface area contributed by atoms with E-state index in [-0.39, 0.29) is 0 Å². The molecule has 3 nitrogen and oxygen atoms in total. The van der Waals surface area contributed by atoms with E-state index in [0.717, 1.165) is 33.2 Å². The van der Waals surface area contributed by atoms with Crippen molar-refractivity contribution < 1.29 is 0 Å². The Hall–Kier alpha value is -6.62. The second-order valence-corrected chi connectivity index (χ2v) is 14.7. The Morgan fingerprint density at radius 2 is 0.981 bits per heavy atom. The Bertz CT molecular complexity index is 3470. The minimum atomic E-state index is 0.677. The van der Waals surface area contributed by atoms with Crippen molar-refractivity contribution in [3.63, 3.8) is 0 Å². The van der Waals surface area contributed by atoms with Crippen molar-refractivity contribution in [1.29, 1.82) is 0 Å². The van der Waals surface area contributed by atoms with E-state index in [9.17, 15) is 0 Å². The Morgan fingerprint density at radius 3 is 1.77 bits per heavy atom. The molecule has 12 rings (SSSR count). The van der Waals surface area contributed by atoms with Gasteiger partial charge in [-0.25, -0.2) is 9.97 Å². The van der Waals surface area contributed by atoms with Crippen molar-refractivity contribution in [3.05, 3.63) is 164 Å². The predicted molar refractivity (Wildman–Crippen MR) is 222 cm³/mol. The summed E-state index contributed by atoms with van der Waals surface area (Å²) in [5.41, 5.74) is 5.22. The largest absolute Gasteiger partial charge is 0.276 e. The molecule has 0 fully saturated rings. The summed E-state index contributed by atoms with van der Waals surface area (Å²) in [4.78, 5) is 11.0. The zero-order chi connectivity index (χ0) is 33.9. The maximum atomic E-state index is 5.57. The minimum absolute atomic E-state index is 0.677. The molecule has 0 aliphatic rings. The van der Waals surface area contributed by atoms with Gasteiger partial charge in [0.05, 0.1) is 26.9 Å². The second-order valence-electron chi connectivity index (χ2n) is 13.6. The average Bonchev–Trinajstić information content (AvgIpc) is 3.77. The van der Waals surface area contributed by atoms with E-state index in [1.54, 1.807) is 0 Å². The van der Waals surface area contributed by atoms with Crippen LogP contribution in [0.15, 0.2) is 164 Å². The van der Waals surface area contributed by atoms with Crippen LogP contribution in [-0.2, 0) is 0 Å². The zero-order valence-corrected chi connectivity index (χ0v) is 28.7. The van der Waals surface area contributed by atoms with Gasteiger partial charge < -0.3 is 0 Å². The van der Waals surface area contributed by atoms with Gasteiger partial charge >= 0.3 is 0 Å². The lowest BCUT2D eigenvalue weighted by molar-refractivity contribution is 1.02. The van der Waals surface area contributed by atoms with Gasteiger partial charge in [-0.05, 0) is 50.5 Å². The van der Waals surface area contributed by atoms with Gasteiger partial charge in [0, 0.05) is 48.0 Å². The fourth-order valence-electron chi connectivity index (χ4n) is 8.84. The SMILES string of the molecule is c1ccc2c(-c3nc(-n4c5ccccc5c5c6c7ccccc7c7ccccc7c6c6c7ccccc7sc6c54)nc4ccccc34)cccc2c1. The fraction of sp³-hybridized carbons (Fsp3) is 0. The summed E-state index contributed by atoms with van der Waals surface area (Å²) >= 11 is 1.87. The third kappa shape index (κ3) is 3.69. The van der Waals surface area contributed by atoms with Gasteiger partial charge in [0.15, 0.2) is 0 Å². The van der Waals surface area contributed by atoms with Crippen LogP contribution in [0, 0.1) is 0 Å². The maximum absolute atomic E-state index is 5.57. The molecule has 0 unspecified atom stereocenters. The molecule has 0 atom stereocenters. The molecule has 0 saturated carbocycles. The lowest BCUT2D eigenvalue weighted by atomic mass is 9.89. The highest BCUT2D eigenvalue weighted by molar-refractivity contribution is 7.27. The van der Waals surface area contributed by atoms with E-state index in [1.807, 2.05) is 11.3 Å². The van der Waals surface area contributed by atoms with Crippen LogP contribution < -0.4 is 0 Å². The van der Waals surface area contributed by atoms with Gasteiger partial charge in [-0.15, -0.1) is 11.3 Å². The van der Waals surface area contributed by atoms with Crippen LogP contribution in [0.2, 0.25) is 0 Å². The summed E-state index contributed by atoms with van der Waals surface area (Å²) in [5, 5.41) is 16.1. The quantitative estimate of drug-likeness (QED) is 0.171. The van der Waals surface area contributed by atoms with Gasteiger partial charge in [0.25, 0.3) is 0 Å². The van der Waals surface area contributed by atoms with E-state index in [1.165, 1.54) is 74.0 Å². The summed E-state index contributed by atoms with van der Waals surface area (Å²) in [6.45, 7) is 0. The molecule has 0 radical (unpaired) electrons. The summed E-state index contributed by atoms with van der Waals surface area (Å²) in [6.07, 6.45) is 0. The molecule has 4 heteroatoms. The number of hydrogen-bond donors (Lipinski definition) is 0. The molecule has 0 spiro atoms. The van der Waals surface area contributed by atoms with Gasteiger partial charge in [0.2, 0.25) is 5.95 Å². The molecule has 0 aliphatic heterocycles. The van der Waals surface area contributed by atoms with Crippen LogP contribution in [-0.4, -0.2) is 14.5 Å². The molecule has 0 N–H and O–H groups in total. The highest BCUT2D eigenvalue weighted by Gasteiger charge is 2.26. The number of fused-ring (bicyclic) bond motifs is 17. The van der Waals surface area contributed by atoms with Crippen molar-refractivity contribution in [2.75, 3.05) is 0 Å². The summed E-state index contributed by atoms with van der Waals surface area (Å²) < 4.78 is 4.88. The minimum Gasteiger partial charge on any atom is -0.276 e. The van der Waals surface area contributed by atoms with Crippen LogP contribution in [0.25, 0.3) is 113 Å². The van der Waals surface area contributed by atoms with E-state index in [0.29, 0.717) is 5.95 Å². The normalized spacial score (nSPS) is 12.2. The lowest BCUT2D eigenvalue weighted by Crippen LogP contribution is -2.03. The van der Waals surface area contributed by atoms with Crippen molar-refractivity contribution in [2.45, 2.75) is 0 Å². The number of benzene rings is 9. The first kappa shape index (κ1) is 28.1. The number of hydrogen-bond acceptors (Lipinski definition) is 3. The number of rotatable bonds is 2. The van der Waals surface area contributed by atoms with E-state index >= 15 is 0 Å². The molecular formula is C48H27N3S. The van der Waals surface area contributed by atoms with Crippen LogP contribution >= 0.6 is 11.3 Å². The number of para-hydroxylation sites is 2. The van der Waals surface area contributed by atoms with Crippen molar-refractivity contribution >= 4 is 107 Å². The first-order valence-electron chi connectivity index (χ1n) is 17.7. The van der Waals surface area contributed by atoms with Crippen LogP contribution in [0.5, 0.6) is 0 Å². The smallest absolute Gasteiger partial charge is 0.235 e.